The van der Waals surface area contributed by atoms with Gasteiger partial charge in [-0.1, -0.05) is 35.5 Å². The minimum atomic E-state index is -0.412. The van der Waals surface area contributed by atoms with Crippen molar-refractivity contribution in [2.24, 2.45) is 5.16 Å². The van der Waals surface area contributed by atoms with Gasteiger partial charge < -0.3 is 48.6 Å². The first kappa shape index (κ1) is 35.8. The molecule has 0 bridgehead atoms. The zero-order valence-electron chi connectivity index (χ0n) is 30.2. The van der Waals surface area contributed by atoms with Crippen molar-refractivity contribution >= 4 is 17.3 Å². The number of ether oxygens (including phenoxy) is 7. The fourth-order valence-corrected chi connectivity index (χ4v) is 6.06. The van der Waals surface area contributed by atoms with Gasteiger partial charge in [-0.3, -0.25) is 4.79 Å². The normalized spacial score (nSPS) is 16.0. The van der Waals surface area contributed by atoms with Crippen LogP contribution in [0, 0.1) is 6.92 Å². The molecule has 272 valence electrons. The molecule has 4 aromatic carbocycles. The fourth-order valence-electron chi connectivity index (χ4n) is 6.06. The lowest BCUT2D eigenvalue weighted by atomic mass is 9.99. The Morgan fingerprint density at radius 3 is 2.17 bits per heavy atom. The number of anilines is 1. The standard InChI is InChI=1S/C40H43N3O9/c1-23-8-11-29-28(16-23)40(44)42-39(41-29)26-10-13-32(34(18-26)46-4)51-22-24(2)14-15-50-35-17-25(9-12-31(35)45-3)33-21-30(43-52-33)27-19-36(47-5)38(49-7)37(20-27)48-6/h8-13,16-20,33,39,41H,2,14-15,21-22H2,1,3-7H3,(H,42,44). The van der Waals surface area contributed by atoms with E-state index < -0.39 is 6.17 Å². The molecular formula is C40H43N3O9. The maximum absolute atomic E-state index is 12.8. The van der Waals surface area contributed by atoms with E-state index in [1.165, 1.54) is 0 Å². The summed E-state index contributed by atoms with van der Waals surface area (Å²) in [5, 5.41) is 10.8. The smallest absolute Gasteiger partial charge is 0.255 e. The number of fused-ring (bicyclic) bond motifs is 1. The Bertz CT molecular complexity index is 1970. The highest BCUT2D eigenvalue weighted by Crippen LogP contribution is 2.41. The van der Waals surface area contributed by atoms with Gasteiger partial charge in [0.15, 0.2) is 40.6 Å². The van der Waals surface area contributed by atoms with E-state index in [1.54, 1.807) is 35.5 Å². The van der Waals surface area contributed by atoms with Crippen LogP contribution in [0.5, 0.6) is 40.2 Å². The van der Waals surface area contributed by atoms with Gasteiger partial charge in [-0.2, -0.15) is 0 Å². The third-order valence-corrected chi connectivity index (χ3v) is 8.89. The molecule has 2 unspecified atom stereocenters. The van der Waals surface area contributed by atoms with E-state index in [0.29, 0.717) is 65.3 Å². The second-order valence-electron chi connectivity index (χ2n) is 12.3. The summed E-state index contributed by atoms with van der Waals surface area (Å²) in [7, 11) is 7.90. The molecule has 2 atom stereocenters. The minimum absolute atomic E-state index is 0.132. The maximum atomic E-state index is 12.8. The molecule has 52 heavy (non-hydrogen) atoms. The molecule has 12 nitrogen and oxygen atoms in total. The number of carbonyl (C=O) groups excluding carboxylic acids is 1. The SMILES string of the molecule is C=C(CCOc1cc(C2CC(c3cc(OC)c(OC)c(OC)c3)=NO2)ccc1OC)COc1ccc(C2NC(=O)c3cc(C)ccc3N2)cc1OC. The Balaban J connectivity index is 1.03. The van der Waals surface area contributed by atoms with Crippen molar-refractivity contribution in [2.75, 3.05) is 54.1 Å². The quantitative estimate of drug-likeness (QED) is 0.123. The Hall–Kier alpha value is -6.04. The number of nitrogens with zero attached hydrogens (tertiary/aromatic N) is 1. The van der Waals surface area contributed by atoms with E-state index in [0.717, 1.165) is 39.2 Å². The summed E-state index contributed by atoms with van der Waals surface area (Å²) >= 11 is 0. The molecule has 6 rings (SSSR count). The highest BCUT2D eigenvalue weighted by Gasteiger charge is 2.28. The number of hydrogen-bond acceptors (Lipinski definition) is 11. The number of oxime groups is 1. The Morgan fingerprint density at radius 2 is 1.46 bits per heavy atom. The summed E-state index contributed by atoms with van der Waals surface area (Å²) in [6, 6.07) is 20.7. The first-order valence-electron chi connectivity index (χ1n) is 16.7. The highest BCUT2D eigenvalue weighted by atomic mass is 16.6. The van der Waals surface area contributed by atoms with Gasteiger partial charge in [0.05, 0.1) is 53.4 Å². The van der Waals surface area contributed by atoms with Crippen LogP contribution in [-0.4, -0.2) is 60.4 Å². The molecule has 0 saturated heterocycles. The first-order valence-corrected chi connectivity index (χ1v) is 16.7. The van der Waals surface area contributed by atoms with Crippen LogP contribution >= 0.6 is 0 Å². The average molecular weight is 710 g/mol. The van der Waals surface area contributed by atoms with Crippen molar-refractivity contribution in [3.63, 3.8) is 0 Å². The number of nitrogens with one attached hydrogen (secondary N) is 2. The maximum Gasteiger partial charge on any atom is 0.255 e. The molecule has 2 N–H and O–H groups in total. The molecule has 0 fully saturated rings. The fraction of sp³-hybridized carbons (Fsp3) is 0.300. The van der Waals surface area contributed by atoms with E-state index in [-0.39, 0.29) is 18.6 Å². The number of hydrogen-bond donors (Lipinski definition) is 2. The number of rotatable bonds is 15. The summed E-state index contributed by atoms with van der Waals surface area (Å²) < 4.78 is 39.9. The van der Waals surface area contributed by atoms with E-state index in [1.807, 2.05) is 73.7 Å². The molecule has 2 aliphatic rings. The van der Waals surface area contributed by atoms with Crippen LogP contribution < -0.4 is 43.8 Å². The Labute approximate surface area is 303 Å². The van der Waals surface area contributed by atoms with E-state index in [9.17, 15) is 4.79 Å². The number of carbonyl (C=O) groups is 1. The van der Waals surface area contributed by atoms with Gasteiger partial charge in [0, 0.05) is 24.1 Å². The third-order valence-electron chi connectivity index (χ3n) is 8.89. The second kappa shape index (κ2) is 15.9. The van der Waals surface area contributed by atoms with E-state index in [4.69, 9.17) is 38.0 Å². The molecule has 0 radical (unpaired) electrons. The van der Waals surface area contributed by atoms with E-state index in [2.05, 4.69) is 22.4 Å². The average Bonchev–Trinajstić information content (AvgIpc) is 3.67. The van der Waals surface area contributed by atoms with Crippen molar-refractivity contribution in [2.45, 2.75) is 32.0 Å². The number of benzene rings is 4. The van der Waals surface area contributed by atoms with Crippen LogP contribution in [0.2, 0.25) is 0 Å². The number of methoxy groups -OCH3 is 5. The molecule has 0 saturated carbocycles. The summed E-state index contributed by atoms with van der Waals surface area (Å²) in [6.45, 7) is 6.76. The summed E-state index contributed by atoms with van der Waals surface area (Å²) in [5.74, 6) is 3.74. The zero-order chi connectivity index (χ0) is 36.8. The van der Waals surface area contributed by atoms with Gasteiger partial charge in [0.25, 0.3) is 5.91 Å². The van der Waals surface area contributed by atoms with Crippen LogP contribution in [0.4, 0.5) is 5.69 Å². The highest BCUT2D eigenvalue weighted by molar-refractivity contribution is 6.03. The predicted molar refractivity (Wildman–Crippen MR) is 197 cm³/mol. The molecule has 2 heterocycles. The van der Waals surface area contributed by atoms with Crippen LogP contribution in [-0.2, 0) is 4.84 Å². The van der Waals surface area contributed by atoms with Crippen molar-refractivity contribution in [1.82, 2.24) is 5.32 Å². The van der Waals surface area contributed by atoms with E-state index >= 15 is 0 Å². The van der Waals surface area contributed by atoms with Crippen LogP contribution in [0.15, 0.2) is 84.0 Å². The lowest BCUT2D eigenvalue weighted by molar-refractivity contribution is 0.0854. The van der Waals surface area contributed by atoms with Gasteiger partial charge in [0.2, 0.25) is 5.75 Å². The van der Waals surface area contributed by atoms with Gasteiger partial charge in [-0.15, -0.1) is 0 Å². The molecule has 0 spiro atoms. The molecule has 1 amide bonds. The first-order chi connectivity index (χ1) is 25.2. The number of amides is 1. The molecule has 12 heteroatoms. The molecule has 0 aromatic heterocycles. The zero-order valence-corrected chi connectivity index (χ0v) is 30.2. The van der Waals surface area contributed by atoms with Crippen molar-refractivity contribution in [3.05, 3.63) is 107 Å². The monoisotopic (exact) mass is 709 g/mol. The molecule has 0 aliphatic carbocycles. The number of aryl methyl sites for hydroxylation is 1. The third kappa shape index (κ3) is 7.65. The summed E-state index contributed by atoms with van der Waals surface area (Å²) in [5.41, 5.74) is 6.54. The van der Waals surface area contributed by atoms with Crippen molar-refractivity contribution in [3.8, 4) is 40.2 Å². The molecule has 2 aliphatic heterocycles. The van der Waals surface area contributed by atoms with Crippen LogP contribution in [0.3, 0.4) is 0 Å². The van der Waals surface area contributed by atoms with Crippen LogP contribution in [0.1, 0.15) is 57.7 Å². The predicted octanol–water partition coefficient (Wildman–Crippen LogP) is 7.16. The lowest BCUT2D eigenvalue weighted by Crippen LogP contribution is -2.38. The Kier molecular flexibility index (Phi) is 10.9. The van der Waals surface area contributed by atoms with Crippen molar-refractivity contribution in [1.29, 1.82) is 0 Å². The largest absolute Gasteiger partial charge is 0.493 e. The van der Waals surface area contributed by atoms with Gasteiger partial charge in [-0.25, -0.2) is 0 Å². The van der Waals surface area contributed by atoms with Crippen molar-refractivity contribution < 1.29 is 42.8 Å². The minimum Gasteiger partial charge on any atom is -0.493 e. The van der Waals surface area contributed by atoms with Gasteiger partial charge in [0.1, 0.15) is 12.8 Å². The van der Waals surface area contributed by atoms with Gasteiger partial charge >= 0.3 is 0 Å². The molecular weight excluding hydrogens is 666 g/mol. The molecule has 4 aromatic rings. The lowest BCUT2D eigenvalue weighted by Gasteiger charge is -2.28. The summed E-state index contributed by atoms with van der Waals surface area (Å²) in [6.07, 6.45) is 0.337. The Morgan fingerprint density at radius 1 is 0.769 bits per heavy atom. The second-order valence-corrected chi connectivity index (χ2v) is 12.3. The van der Waals surface area contributed by atoms with Gasteiger partial charge in [-0.05, 0) is 72.2 Å². The summed E-state index contributed by atoms with van der Waals surface area (Å²) in [4.78, 5) is 18.6. The topological polar surface area (TPSA) is 127 Å². The van der Waals surface area contributed by atoms with Crippen LogP contribution in [0.25, 0.3) is 0 Å².